The number of rotatable bonds is 3. The fraction of sp³-hybridized carbons (Fsp3) is 0.562. The second-order valence-electron chi connectivity index (χ2n) is 5.48. The van der Waals surface area contributed by atoms with Crippen LogP contribution in [0.15, 0.2) is 24.3 Å². The van der Waals surface area contributed by atoms with Crippen LogP contribution >= 0.6 is 0 Å². The normalized spacial score (nSPS) is 18.8. The summed E-state index contributed by atoms with van der Waals surface area (Å²) in [6, 6.07) is 8.90. The molecule has 1 unspecified atom stereocenters. The molecule has 3 rings (SSSR count). The number of benzene rings is 1. The number of piperidine rings is 1. The number of fused-ring (bicyclic) bond motifs is 1. The maximum Gasteiger partial charge on any atom is 0.127 e. The summed E-state index contributed by atoms with van der Waals surface area (Å²) in [5, 5.41) is 0. The van der Waals surface area contributed by atoms with Gasteiger partial charge < -0.3 is 4.57 Å². The number of para-hydroxylation sites is 2. The third-order valence-corrected chi connectivity index (χ3v) is 4.31. The molecule has 102 valence electrons. The van der Waals surface area contributed by atoms with Gasteiger partial charge >= 0.3 is 0 Å². The lowest BCUT2D eigenvalue weighted by Crippen LogP contribution is -2.33. The fourth-order valence-electron chi connectivity index (χ4n) is 3.21. The standard InChI is InChI=1S/C16H23N3/c1-3-19-15-10-6-5-9-14(15)17-16(19)13(2)18-11-7-4-8-12-18/h5-6,9-10,13H,3-4,7-8,11-12H2,1-2H3. The van der Waals surface area contributed by atoms with Crippen molar-refractivity contribution >= 4 is 11.0 Å². The van der Waals surface area contributed by atoms with Gasteiger partial charge in [0.1, 0.15) is 5.82 Å². The van der Waals surface area contributed by atoms with Crippen LogP contribution in [0.5, 0.6) is 0 Å². The molecule has 1 fully saturated rings. The van der Waals surface area contributed by atoms with Gasteiger partial charge in [-0.15, -0.1) is 0 Å². The van der Waals surface area contributed by atoms with Gasteiger partial charge in [-0.1, -0.05) is 18.6 Å². The van der Waals surface area contributed by atoms with Crippen molar-refractivity contribution < 1.29 is 0 Å². The topological polar surface area (TPSA) is 21.1 Å². The molecule has 2 aromatic rings. The van der Waals surface area contributed by atoms with Crippen LogP contribution in [-0.2, 0) is 6.54 Å². The monoisotopic (exact) mass is 257 g/mol. The van der Waals surface area contributed by atoms with Crippen molar-refractivity contribution in [1.29, 1.82) is 0 Å². The van der Waals surface area contributed by atoms with Crippen LogP contribution in [0.25, 0.3) is 11.0 Å². The number of aromatic nitrogens is 2. The summed E-state index contributed by atoms with van der Waals surface area (Å²) in [4.78, 5) is 7.46. The van der Waals surface area contributed by atoms with Gasteiger partial charge in [0.25, 0.3) is 0 Å². The minimum atomic E-state index is 0.424. The highest BCUT2D eigenvalue weighted by Crippen LogP contribution is 2.26. The van der Waals surface area contributed by atoms with Gasteiger partial charge in [0.2, 0.25) is 0 Å². The Bertz CT molecular complexity index is 552. The molecular weight excluding hydrogens is 234 g/mol. The van der Waals surface area contributed by atoms with E-state index in [-0.39, 0.29) is 0 Å². The minimum Gasteiger partial charge on any atom is -0.327 e. The Morgan fingerprint density at radius 3 is 2.63 bits per heavy atom. The lowest BCUT2D eigenvalue weighted by atomic mass is 10.1. The van der Waals surface area contributed by atoms with E-state index >= 15 is 0 Å². The zero-order valence-corrected chi connectivity index (χ0v) is 12.0. The Balaban J connectivity index is 1.98. The molecule has 19 heavy (non-hydrogen) atoms. The molecule has 1 aromatic carbocycles. The summed E-state index contributed by atoms with van der Waals surface area (Å²) in [5.74, 6) is 1.23. The largest absolute Gasteiger partial charge is 0.327 e. The molecule has 0 N–H and O–H groups in total. The van der Waals surface area contributed by atoms with Gasteiger partial charge in [0, 0.05) is 6.54 Å². The van der Waals surface area contributed by atoms with E-state index in [4.69, 9.17) is 4.98 Å². The Hall–Kier alpha value is -1.35. The van der Waals surface area contributed by atoms with Crippen LogP contribution in [0.4, 0.5) is 0 Å². The predicted molar refractivity (Wildman–Crippen MR) is 79.2 cm³/mol. The lowest BCUT2D eigenvalue weighted by Gasteiger charge is -2.32. The first-order valence-electron chi connectivity index (χ1n) is 7.50. The van der Waals surface area contributed by atoms with Crippen molar-refractivity contribution in [2.75, 3.05) is 13.1 Å². The first-order chi connectivity index (χ1) is 9.31. The zero-order valence-electron chi connectivity index (χ0n) is 12.0. The average Bonchev–Trinajstić information content (AvgIpc) is 2.85. The van der Waals surface area contributed by atoms with Gasteiger partial charge in [-0.3, -0.25) is 4.90 Å². The van der Waals surface area contributed by atoms with Gasteiger partial charge in [-0.05, 0) is 51.9 Å². The van der Waals surface area contributed by atoms with E-state index in [1.54, 1.807) is 0 Å². The molecule has 0 bridgehead atoms. The molecule has 1 aliphatic heterocycles. The van der Waals surface area contributed by atoms with Crippen LogP contribution < -0.4 is 0 Å². The summed E-state index contributed by atoms with van der Waals surface area (Å²) in [7, 11) is 0. The molecule has 1 aliphatic rings. The summed E-state index contributed by atoms with van der Waals surface area (Å²) in [6.07, 6.45) is 4.04. The predicted octanol–water partition coefficient (Wildman–Crippen LogP) is 3.60. The Morgan fingerprint density at radius 1 is 1.16 bits per heavy atom. The maximum atomic E-state index is 4.88. The van der Waals surface area contributed by atoms with E-state index in [2.05, 4.69) is 47.6 Å². The highest BCUT2D eigenvalue weighted by molar-refractivity contribution is 5.76. The zero-order chi connectivity index (χ0) is 13.2. The minimum absolute atomic E-state index is 0.424. The third kappa shape index (κ3) is 2.27. The second kappa shape index (κ2) is 5.33. The fourth-order valence-corrected chi connectivity index (χ4v) is 3.21. The number of hydrogen-bond donors (Lipinski definition) is 0. The molecule has 0 saturated carbocycles. The average molecular weight is 257 g/mol. The van der Waals surface area contributed by atoms with Crippen LogP contribution in [-0.4, -0.2) is 27.5 Å². The van der Waals surface area contributed by atoms with E-state index in [0.29, 0.717) is 6.04 Å². The molecule has 1 atom stereocenters. The Kier molecular flexibility index (Phi) is 3.56. The van der Waals surface area contributed by atoms with E-state index in [1.165, 1.54) is 43.7 Å². The number of hydrogen-bond acceptors (Lipinski definition) is 2. The SMILES string of the molecule is CCn1c(C(C)N2CCCCC2)nc2ccccc21. The maximum absolute atomic E-state index is 4.88. The third-order valence-electron chi connectivity index (χ3n) is 4.31. The van der Waals surface area contributed by atoms with Crippen molar-refractivity contribution in [2.24, 2.45) is 0 Å². The van der Waals surface area contributed by atoms with Crippen molar-refractivity contribution in [3.63, 3.8) is 0 Å². The van der Waals surface area contributed by atoms with Crippen molar-refractivity contribution in [3.8, 4) is 0 Å². The van der Waals surface area contributed by atoms with Gasteiger partial charge in [-0.2, -0.15) is 0 Å². The molecule has 1 saturated heterocycles. The smallest absolute Gasteiger partial charge is 0.127 e. The highest BCUT2D eigenvalue weighted by atomic mass is 15.2. The van der Waals surface area contributed by atoms with Gasteiger partial charge in [-0.25, -0.2) is 4.98 Å². The van der Waals surface area contributed by atoms with Crippen LogP contribution in [0, 0.1) is 0 Å². The molecule has 0 radical (unpaired) electrons. The molecule has 0 spiro atoms. The van der Waals surface area contributed by atoms with Crippen molar-refractivity contribution in [2.45, 2.75) is 45.7 Å². The van der Waals surface area contributed by atoms with Crippen LogP contribution in [0.3, 0.4) is 0 Å². The summed E-state index contributed by atoms with van der Waals surface area (Å²) in [6.45, 7) is 7.94. The highest BCUT2D eigenvalue weighted by Gasteiger charge is 2.23. The van der Waals surface area contributed by atoms with E-state index in [0.717, 1.165) is 12.1 Å². The number of likely N-dealkylation sites (tertiary alicyclic amines) is 1. The van der Waals surface area contributed by atoms with Gasteiger partial charge in [0.15, 0.2) is 0 Å². The number of aryl methyl sites for hydroxylation is 1. The first kappa shape index (κ1) is 12.7. The number of nitrogens with zero attached hydrogens (tertiary/aromatic N) is 3. The quantitative estimate of drug-likeness (QED) is 0.837. The Labute approximate surface area is 115 Å². The van der Waals surface area contributed by atoms with Crippen LogP contribution in [0.1, 0.15) is 45.0 Å². The first-order valence-corrected chi connectivity index (χ1v) is 7.50. The van der Waals surface area contributed by atoms with Crippen LogP contribution in [0.2, 0.25) is 0 Å². The molecule has 3 heteroatoms. The van der Waals surface area contributed by atoms with Crippen molar-refractivity contribution in [3.05, 3.63) is 30.1 Å². The van der Waals surface area contributed by atoms with Gasteiger partial charge in [0.05, 0.1) is 17.1 Å². The van der Waals surface area contributed by atoms with E-state index in [1.807, 2.05) is 0 Å². The summed E-state index contributed by atoms with van der Waals surface area (Å²) >= 11 is 0. The summed E-state index contributed by atoms with van der Waals surface area (Å²) < 4.78 is 2.37. The number of imidazole rings is 1. The molecule has 2 heterocycles. The second-order valence-corrected chi connectivity index (χ2v) is 5.48. The lowest BCUT2D eigenvalue weighted by molar-refractivity contribution is 0.166. The molecule has 3 nitrogen and oxygen atoms in total. The molecule has 0 aliphatic carbocycles. The van der Waals surface area contributed by atoms with E-state index < -0.39 is 0 Å². The molecule has 1 aromatic heterocycles. The van der Waals surface area contributed by atoms with Crippen molar-refractivity contribution in [1.82, 2.24) is 14.5 Å². The van der Waals surface area contributed by atoms with E-state index in [9.17, 15) is 0 Å². The molecular formula is C16H23N3. The Morgan fingerprint density at radius 2 is 1.89 bits per heavy atom. The molecule has 0 amide bonds. The summed E-state index contributed by atoms with van der Waals surface area (Å²) in [5.41, 5.74) is 2.40.